The maximum atomic E-state index is 11.9. The van der Waals surface area contributed by atoms with Crippen LogP contribution in [-0.2, 0) is 4.79 Å². The Hall–Kier alpha value is -1.41. The van der Waals surface area contributed by atoms with Crippen molar-refractivity contribution in [2.75, 3.05) is 0 Å². The van der Waals surface area contributed by atoms with Gasteiger partial charge in [0.05, 0.1) is 6.10 Å². The second-order valence-corrected chi connectivity index (χ2v) is 5.83. The van der Waals surface area contributed by atoms with Gasteiger partial charge < -0.3 is 5.11 Å². The van der Waals surface area contributed by atoms with Gasteiger partial charge in [0.15, 0.2) is 5.78 Å². The summed E-state index contributed by atoms with van der Waals surface area (Å²) in [7, 11) is 0. The van der Waals surface area contributed by atoms with Crippen molar-refractivity contribution in [1.82, 2.24) is 0 Å². The molecule has 0 saturated heterocycles. The largest absolute Gasteiger partial charge is 0.392 e. The Morgan fingerprint density at radius 3 is 2.68 bits per heavy atom. The van der Waals surface area contributed by atoms with Crippen LogP contribution in [-0.4, -0.2) is 17.0 Å². The summed E-state index contributed by atoms with van der Waals surface area (Å²) in [4.78, 5) is 11.9. The van der Waals surface area contributed by atoms with Crippen molar-refractivity contribution >= 4 is 5.78 Å². The second kappa shape index (κ2) is 4.93. The molecule has 0 aromatic heterocycles. The van der Waals surface area contributed by atoms with Crippen LogP contribution in [0, 0.1) is 5.92 Å². The van der Waals surface area contributed by atoms with Gasteiger partial charge in [-0.25, -0.2) is 0 Å². The zero-order valence-electron chi connectivity index (χ0n) is 11.3. The monoisotopic (exact) mass is 256 g/mol. The lowest BCUT2D eigenvalue weighted by atomic mass is 9.68. The van der Waals surface area contributed by atoms with Gasteiger partial charge in [-0.2, -0.15) is 0 Å². The van der Waals surface area contributed by atoms with E-state index in [0.717, 1.165) is 24.8 Å². The van der Waals surface area contributed by atoms with E-state index in [9.17, 15) is 9.90 Å². The minimum Gasteiger partial charge on any atom is -0.392 e. The summed E-state index contributed by atoms with van der Waals surface area (Å²) < 4.78 is 0. The molecule has 1 fully saturated rings. The minimum atomic E-state index is -0.294. The molecule has 0 spiro atoms. The number of hydrogen-bond acceptors (Lipinski definition) is 2. The first-order valence-corrected chi connectivity index (χ1v) is 7.12. The van der Waals surface area contributed by atoms with Crippen molar-refractivity contribution in [3.63, 3.8) is 0 Å². The third kappa shape index (κ3) is 2.25. The molecule has 19 heavy (non-hydrogen) atoms. The fourth-order valence-electron chi connectivity index (χ4n) is 3.62. The molecule has 0 heterocycles. The summed E-state index contributed by atoms with van der Waals surface area (Å²) in [6, 6.07) is 10.3. The first-order valence-electron chi connectivity index (χ1n) is 7.12. The van der Waals surface area contributed by atoms with Crippen LogP contribution < -0.4 is 0 Å². The quantitative estimate of drug-likeness (QED) is 0.837. The van der Waals surface area contributed by atoms with Crippen molar-refractivity contribution in [3.05, 3.63) is 47.0 Å². The number of rotatable bonds is 1. The molecule has 1 N–H and O–H groups in total. The predicted molar refractivity (Wildman–Crippen MR) is 74.9 cm³/mol. The van der Waals surface area contributed by atoms with Gasteiger partial charge in [0.1, 0.15) is 0 Å². The van der Waals surface area contributed by atoms with Crippen LogP contribution >= 0.6 is 0 Å². The summed E-state index contributed by atoms with van der Waals surface area (Å²) in [6.07, 6.45) is 2.89. The molecule has 3 unspecified atom stereocenters. The van der Waals surface area contributed by atoms with Crippen molar-refractivity contribution in [1.29, 1.82) is 0 Å². The third-order valence-corrected chi connectivity index (χ3v) is 4.76. The van der Waals surface area contributed by atoms with Crippen LogP contribution in [0.15, 0.2) is 41.5 Å². The first-order chi connectivity index (χ1) is 9.16. The van der Waals surface area contributed by atoms with E-state index in [1.807, 2.05) is 25.1 Å². The Kier molecular flexibility index (Phi) is 3.28. The molecule has 1 saturated carbocycles. The molecule has 2 nitrogen and oxygen atoms in total. The Labute approximate surface area is 114 Å². The van der Waals surface area contributed by atoms with E-state index >= 15 is 0 Å². The van der Waals surface area contributed by atoms with Crippen molar-refractivity contribution in [3.8, 4) is 0 Å². The van der Waals surface area contributed by atoms with Crippen LogP contribution in [0.3, 0.4) is 0 Å². The molecule has 1 aromatic carbocycles. The summed E-state index contributed by atoms with van der Waals surface area (Å²) in [5.41, 5.74) is 3.40. The predicted octanol–water partition coefficient (Wildman–Crippen LogP) is 3.22. The average molecular weight is 256 g/mol. The fraction of sp³-hybridized carbons (Fsp3) is 0.471. The number of fused-ring (bicyclic) bond motifs is 1. The van der Waals surface area contributed by atoms with Crippen LogP contribution in [0.4, 0.5) is 0 Å². The number of hydrogen-bond donors (Lipinski definition) is 1. The van der Waals surface area contributed by atoms with Gasteiger partial charge in [-0.15, -0.1) is 0 Å². The molecule has 0 bridgehead atoms. The Morgan fingerprint density at radius 1 is 1.21 bits per heavy atom. The maximum absolute atomic E-state index is 11.9. The molecular formula is C17H20O2. The SMILES string of the molecule is CC1=C2CC(c3ccccc3)CC(O)C2CCC1=O. The normalized spacial score (nSPS) is 31.3. The molecule has 3 rings (SSSR count). The van der Waals surface area contributed by atoms with Gasteiger partial charge in [0.2, 0.25) is 0 Å². The van der Waals surface area contributed by atoms with E-state index in [2.05, 4.69) is 12.1 Å². The summed E-state index contributed by atoms with van der Waals surface area (Å²) >= 11 is 0. The zero-order valence-corrected chi connectivity index (χ0v) is 11.3. The fourth-order valence-corrected chi connectivity index (χ4v) is 3.62. The van der Waals surface area contributed by atoms with Gasteiger partial charge in [-0.3, -0.25) is 4.79 Å². The van der Waals surface area contributed by atoms with E-state index in [0.29, 0.717) is 12.3 Å². The maximum Gasteiger partial charge on any atom is 0.158 e. The molecule has 1 aromatic rings. The number of benzene rings is 1. The van der Waals surface area contributed by atoms with Gasteiger partial charge in [-0.05, 0) is 43.2 Å². The van der Waals surface area contributed by atoms with Gasteiger partial charge in [0, 0.05) is 12.3 Å². The number of carbonyl (C=O) groups excluding carboxylic acids is 1. The topological polar surface area (TPSA) is 37.3 Å². The summed E-state index contributed by atoms with van der Waals surface area (Å²) in [5.74, 6) is 0.841. The molecule has 0 radical (unpaired) electrons. The van der Waals surface area contributed by atoms with Crippen molar-refractivity contribution in [2.24, 2.45) is 5.92 Å². The number of Topliss-reactive ketones (excluding diaryl/α,β-unsaturated/α-hetero) is 1. The Bertz CT molecular complexity index is 515. The van der Waals surface area contributed by atoms with Crippen LogP contribution in [0.1, 0.15) is 44.1 Å². The molecule has 2 heteroatoms. The zero-order chi connectivity index (χ0) is 13.4. The van der Waals surface area contributed by atoms with Gasteiger partial charge in [0.25, 0.3) is 0 Å². The highest BCUT2D eigenvalue weighted by Crippen LogP contribution is 2.44. The van der Waals surface area contributed by atoms with E-state index in [1.165, 1.54) is 11.1 Å². The highest BCUT2D eigenvalue weighted by Gasteiger charge is 2.37. The minimum absolute atomic E-state index is 0.220. The first kappa shape index (κ1) is 12.6. The molecule has 100 valence electrons. The molecule has 2 aliphatic carbocycles. The highest BCUT2D eigenvalue weighted by atomic mass is 16.3. The van der Waals surface area contributed by atoms with Crippen molar-refractivity contribution < 1.29 is 9.90 Å². The third-order valence-electron chi connectivity index (χ3n) is 4.76. The summed E-state index contributed by atoms with van der Waals surface area (Å²) in [5, 5.41) is 10.4. The Balaban J connectivity index is 1.93. The average Bonchev–Trinajstić information content (AvgIpc) is 2.44. The molecule has 0 amide bonds. The summed E-state index contributed by atoms with van der Waals surface area (Å²) in [6.45, 7) is 1.93. The van der Waals surface area contributed by atoms with E-state index in [1.54, 1.807) is 0 Å². The Morgan fingerprint density at radius 2 is 1.95 bits per heavy atom. The standard InChI is InChI=1S/C17H20O2/c1-11-15-9-13(12-5-3-2-4-6-12)10-17(19)14(15)7-8-16(11)18/h2-6,13-14,17,19H,7-10H2,1H3. The van der Waals surface area contributed by atoms with E-state index < -0.39 is 0 Å². The highest BCUT2D eigenvalue weighted by molar-refractivity contribution is 5.96. The lowest BCUT2D eigenvalue weighted by Gasteiger charge is -2.39. The van der Waals surface area contributed by atoms with Gasteiger partial charge in [-0.1, -0.05) is 35.9 Å². The molecular weight excluding hydrogens is 236 g/mol. The lowest BCUT2D eigenvalue weighted by Crippen LogP contribution is -2.34. The molecule has 0 aliphatic heterocycles. The second-order valence-electron chi connectivity index (χ2n) is 5.83. The number of ketones is 1. The number of aliphatic hydroxyl groups is 1. The van der Waals surface area contributed by atoms with Crippen LogP contribution in [0.5, 0.6) is 0 Å². The number of allylic oxidation sites excluding steroid dienone is 1. The van der Waals surface area contributed by atoms with Gasteiger partial charge >= 0.3 is 0 Å². The van der Waals surface area contributed by atoms with Crippen molar-refractivity contribution in [2.45, 2.75) is 44.6 Å². The lowest BCUT2D eigenvalue weighted by molar-refractivity contribution is -0.116. The number of aliphatic hydroxyl groups excluding tert-OH is 1. The number of carbonyl (C=O) groups is 1. The van der Waals surface area contributed by atoms with E-state index in [4.69, 9.17) is 0 Å². The van der Waals surface area contributed by atoms with E-state index in [-0.39, 0.29) is 17.8 Å². The van der Waals surface area contributed by atoms with Crippen LogP contribution in [0.2, 0.25) is 0 Å². The smallest absolute Gasteiger partial charge is 0.158 e. The molecule has 3 atom stereocenters. The van der Waals surface area contributed by atoms with Crippen LogP contribution in [0.25, 0.3) is 0 Å². The molecule has 2 aliphatic rings.